The molecule has 4 aliphatic rings. The molecule has 0 bridgehead atoms. The van der Waals surface area contributed by atoms with Gasteiger partial charge in [-0.15, -0.1) is 0 Å². The maximum Gasteiger partial charge on any atom is 0.0444 e. The molecule has 2 aromatic carbocycles. The second-order valence-corrected chi connectivity index (χ2v) is 8.64. The van der Waals surface area contributed by atoms with Gasteiger partial charge in [-0.3, -0.25) is 0 Å². The molecule has 0 heteroatoms. The summed E-state index contributed by atoms with van der Waals surface area (Å²) in [5.41, 5.74) is 10.9. The third-order valence-electron chi connectivity index (χ3n) is 7.63. The van der Waals surface area contributed by atoms with Gasteiger partial charge in [0.05, 0.1) is 0 Å². The normalized spacial score (nSPS) is 31.8. The van der Waals surface area contributed by atoms with E-state index in [2.05, 4.69) is 87.5 Å². The fourth-order valence-corrected chi connectivity index (χ4v) is 6.87. The van der Waals surface area contributed by atoms with Gasteiger partial charge in [0.25, 0.3) is 0 Å². The second-order valence-electron chi connectivity index (χ2n) is 8.64. The van der Waals surface area contributed by atoms with E-state index in [0.717, 1.165) is 6.42 Å². The van der Waals surface area contributed by atoms with Gasteiger partial charge in [-0.2, -0.15) is 0 Å². The Labute approximate surface area is 149 Å². The van der Waals surface area contributed by atoms with Crippen LogP contribution in [0.3, 0.4) is 0 Å². The molecule has 2 aromatic rings. The number of allylic oxidation sites excluding steroid dienone is 6. The molecule has 0 saturated heterocycles. The molecular weight excluding hydrogens is 300 g/mol. The van der Waals surface area contributed by atoms with Crippen LogP contribution in [0.2, 0.25) is 0 Å². The first kappa shape index (κ1) is 13.9. The van der Waals surface area contributed by atoms with Crippen LogP contribution in [0.15, 0.2) is 77.9 Å². The molecule has 0 heterocycles. The van der Waals surface area contributed by atoms with Crippen molar-refractivity contribution in [2.75, 3.05) is 0 Å². The zero-order valence-electron chi connectivity index (χ0n) is 15.1. The Hall–Kier alpha value is -2.34. The minimum absolute atomic E-state index is 0.0644. The molecule has 0 aromatic heterocycles. The van der Waals surface area contributed by atoms with Crippen molar-refractivity contribution in [2.24, 2.45) is 5.41 Å². The van der Waals surface area contributed by atoms with Crippen molar-refractivity contribution in [1.82, 2.24) is 0 Å². The smallest absolute Gasteiger partial charge is 0.0444 e. The Balaban J connectivity index is 1.83. The molecule has 2 atom stereocenters. The summed E-state index contributed by atoms with van der Waals surface area (Å²) in [6, 6.07) is 16.1. The first-order chi connectivity index (χ1) is 12.1. The van der Waals surface area contributed by atoms with Gasteiger partial charge in [0.1, 0.15) is 0 Å². The van der Waals surface area contributed by atoms with E-state index in [1.807, 2.05) is 0 Å². The second kappa shape index (κ2) is 3.90. The molecule has 0 aliphatic heterocycles. The molecule has 0 fully saturated rings. The number of benzene rings is 2. The fourth-order valence-electron chi connectivity index (χ4n) is 6.87. The molecular formula is C25H22. The van der Waals surface area contributed by atoms with E-state index >= 15 is 0 Å². The van der Waals surface area contributed by atoms with E-state index in [9.17, 15) is 0 Å². The van der Waals surface area contributed by atoms with Crippen LogP contribution >= 0.6 is 0 Å². The van der Waals surface area contributed by atoms with Crippen LogP contribution in [0, 0.1) is 5.41 Å². The van der Waals surface area contributed by atoms with Crippen LogP contribution < -0.4 is 0 Å². The molecule has 4 aliphatic carbocycles. The van der Waals surface area contributed by atoms with Gasteiger partial charge in [-0.1, -0.05) is 87.5 Å². The molecule has 122 valence electrons. The zero-order chi connectivity index (χ0) is 17.0. The van der Waals surface area contributed by atoms with E-state index < -0.39 is 0 Å². The third kappa shape index (κ3) is 1.11. The lowest BCUT2D eigenvalue weighted by molar-refractivity contribution is 0.167. The quantitative estimate of drug-likeness (QED) is 0.551. The Morgan fingerprint density at radius 2 is 1.40 bits per heavy atom. The van der Waals surface area contributed by atoms with Crippen LogP contribution in [-0.4, -0.2) is 0 Å². The molecule has 0 saturated carbocycles. The minimum atomic E-state index is 0.0644. The highest BCUT2D eigenvalue weighted by molar-refractivity contribution is 5.93. The summed E-state index contributed by atoms with van der Waals surface area (Å²) in [5.74, 6) is 0. The molecule has 1 spiro atoms. The topological polar surface area (TPSA) is 0 Å². The maximum atomic E-state index is 2.49. The summed E-state index contributed by atoms with van der Waals surface area (Å²) in [5, 5.41) is 0. The van der Waals surface area contributed by atoms with Gasteiger partial charge in [-0.25, -0.2) is 0 Å². The molecule has 0 radical (unpaired) electrons. The van der Waals surface area contributed by atoms with Crippen molar-refractivity contribution < 1.29 is 0 Å². The SMILES string of the molecule is CC1(C)C2=C(C=CCC=C2)C2(C)c3cccc4c3C12c1ccccc1-4. The van der Waals surface area contributed by atoms with Gasteiger partial charge in [0, 0.05) is 16.2 Å². The van der Waals surface area contributed by atoms with Crippen molar-refractivity contribution in [1.29, 1.82) is 0 Å². The van der Waals surface area contributed by atoms with Crippen molar-refractivity contribution in [3.05, 3.63) is 94.6 Å². The lowest BCUT2D eigenvalue weighted by Crippen LogP contribution is -2.60. The summed E-state index contributed by atoms with van der Waals surface area (Å²) in [7, 11) is 0. The van der Waals surface area contributed by atoms with Crippen LogP contribution in [-0.2, 0) is 10.8 Å². The fraction of sp³-hybridized carbons (Fsp3) is 0.280. The summed E-state index contributed by atoms with van der Waals surface area (Å²) >= 11 is 0. The standard InChI is InChI=1S/C25H22/c1-23(2)19-13-5-4-6-14-20(19)24(3)21-15-9-11-17-16-10-7-8-12-18(16)25(23,24)22(17)21/h5-15H,4H2,1-3H3. The minimum Gasteiger partial charge on any atom is -0.0804 e. The van der Waals surface area contributed by atoms with E-state index in [0.29, 0.717) is 0 Å². The van der Waals surface area contributed by atoms with Crippen molar-refractivity contribution in [2.45, 2.75) is 38.0 Å². The Morgan fingerprint density at radius 3 is 2.24 bits per heavy atom. The molecule has 0 N–H and O–H groups in total. The number of hydrogen-bond donors (Lipinski definition) is 0. The predicted molar refractivity (Wildman–Crippen MR) is 104 cm³/mol. The van der Waals surface area contributed by atoms with Gasteiger partial charge in [0.15, 0.2) is 0 Å². The summed E-state index contributed by atoms with van der Waals surface area (Å²) < 4.78 is 0. The van der Waals surface area contributed by atoms with Crippen molar-refractivity contribution in [3.63, 3.8) is 0 Å². The van der Waals surface area contributed by atoms with Crippen LogP contribution in [0.25, 0.3) is 11.1 Å². The first-order valence-corrected chi connectivity index (χ1v) is 9.38. The van der Waals surface area contributed by atoms with Gasteiger partial charge in [-0.05, 0) is 45.4 Å². The Bertz CT molecular complexity index is 1060. The monoisotopic (exact) mass is 322 g/mol. The van der Waals surface area contributed by atoms with E-state index in [4.69, 9.17) is 0 Å². The van der Waals surface area contributed by atoms with Crippen molar-refractivity contribution >= 4 is 0 Å². The largest absolute Gasteiger partial charge is 0.0804 e. The third-order valence-corrected chi connectivity index (χ3v) is 7.63. The van der Waals surface area contributed by atoms with E-state index in [1.54, 1.807) is 11.1 Å². The van der Waals surface area contributed by atoms with E-state index in [1.165, 1.54) is 27.8 Å². The maximum absolute atomic E-state index is 2.49. The number of rotatable bonds is 0. The highest BCUT2D eigenvalue weighted by atomic mass is 14.8. The van der Waals surface area contributed by atoms with Crippen LogP contribution in [0.1, 0.15) is 43.9 Å². The highest BCUT2D eigenvalue weighted by Gasteiger charge is 2.75. The average Bonchev–Trinajstić information content (AvgIpc) is 2.79. The molecule has 25 heavy (non-hydrogen) atoms. The Kier molecular flexibility index (Phi) is 2.17. The highest BCUT2D eigenvalue weighted by Crippen LogP contribution is 2.80. The number of hydrogen-bond acceptors (Lipinski definition) is 0. The summed E-state index contributed by atoms with van der Waals surface area (Å²) in [6.07, 6.45) is 10.5. The predicted octanol–water partition coefficient (Wildman–Crippen LogP) is 6.08. The molecule has 0 nitrogen and oxygen atoms in total. The van der Waals surface area contributed by atoms with Gasteiger partial charge >= 0.3 is 0 Å². The van der Waals surface area contributed by atoms with Crippen molar-refractivity contribution in [3.8, 4) is 11.1 Å². The average molecular weight is 322 g/mol. The number of fused-ring (bicyclic) bond motifs is 4. The Morgan fingerprint density at radius 1 is 0.720 bits per heavy atom. The lowest BCUT2D eigenvalue weighted by atomic mass is 9.40. The summed E-state index contributed by atoms with van der Waals surface area (Å²) in [4.78, 5) is 0. The molecule has 2 unspecified atom stereocenters. The van der Waals surface area contributed by atoms with Gasteiger partial charge < -0.3 is 0 Å². The molecule has 0 amide bonds. The summed E-state index contributed by atoms with van der Waals surface area (Å²) in [6.45, 7) is 7.44. The lowest BCUT2D eigenvalue weighted by Gasteiger charge is -2.60. The van der Waals surface area contributed by atoms with E-state index in [-0.39, 0.29) is 16.2 Å². The zero-order valence-corrected chi connectivity index (χ0v) is 15.1. The van der Waals surface area contributed by atoms with Gasteiger partial charge in [0.2, 0.25) is 0 Å². The van der Waals surface area contributed by atoms with Crippen LogP contribution in [0.5, 0.6) is 0 Å². The first-order valence-electron chi connectivity index (χ1n) is 9.38. The van der Waals surface area contributed by atoms with Crippen LogP contribution in [0.4, 0.5) is 0 Å². The molecule has 6 rings (SSSR count).